The smallest absolute Gasteiger partial charge is 0.303 e. The molecule has 0 amide bonds. The van der Waals surface area contributed by atoms with E-state index in [-0.39, 0.29) is 10.9 Å². The quantitative estimate of drug-likeness (QED) is 0.704. The van der Waals surface area contributed by atoms with Gasteiger partial charge in [0.05, 0.1) is 24.1 Å². The minimum absolute atomic E-state index is 0.121. The molecule has 1 unspecified atom stereocenters. The van der Waals surface area contributed by atoms with E-state index in [1.165, 1.54) is 20.1 Å². The number of carbonyl (C=O) groups excluding carboxylic acids is 2. The van der Waals surface area contributed by atoms with Crippen molar-refractivity contribution in [1.29, 1.82) is 5.26 Å². The Balaban J connectivity index is 3.33. The molecule has 96 valence electrons. The molecule has 1 aliphatic rings. The fourth-order valence-electron chi connectivity index (χ4n) is 1.53. The van der Waals surface area contributed by atoms with Gasteiger partial charge in [-0.3, -0.25) is 9.59 Å². The first kappa shape index (κ1) is 14.9. The Morgan fingerprint density at radius 2 is 2.17 bits per heavy atom. The van der Waals surface area contributed by atoms with Crippen LogP contribution in [-0.2, 0) is 19.1 Å². The van der Waals surface area contributed by atoms with E-state index in [0.29, 0.717) is 10.2 Å². The van der Waals surface area contributed by atoms with Gasteiger partial charge in [0.25, 0.3) is 0 Å². The molecular formula is C11H9Br2NO4. The predicted octanol–water partition coefficient (Wildman–Crippen LogP) is 2.32. The molecule has 0 saturated carbocycles. The van der Waals surface area contributed by atoms with Gasteiger partial charge in [-0.2, -0.15) is 5.26 Å². The summed E-state index contributed by atoms with van der Waals surface area (Å²) >= 11 is 6.30. The van der Waals surface area contributed by atoms with Gasteiger partial charge in [0.2, 0.25) is 11.4 Å². The Hall–Kier alpha value is -1.13. The van der Waals surface area contributed by atoms with Crippen molar-refractivity contribution in [3.63, 3.8) is 0 Å². The topological polar surface area (TPSA) is 76.4 Å². The van der Waals surface area contributed by atoms with Crippen LogP contribution in [0.15, 0.2) is 20.8 Å². The number of ketones is 1. The second-order valence-electron chi connectivity index (χ2n) is 3.49. The second-order valence-corrected chi connectivity index (χ2v) is 5.13. The number of hydrogen-bond donors (Lipinski definition) is 0. The first-order valence-electron chi connectivity index (χ1n) is 4.81. The molecule has 18 heavy (non-hydrogen) atoms. The number of Topliss-reactive ketones (excluding diaryl/α,β-unsaturated/α-hetero) is 1. The van der Waals surface area contributed by atoms with Crippen LogP contribution in [0.25, 0.3) is 0 Å². The molecule has 0 saturated heterocycles. The van der Waals surface area contributed by atoms with E-state index < -0.39 is 17.4 Å². The van der Waals surface area contributed by atoms with Crippen molar-refractivity contribution in [3.8, 4) is 6.07 Å². The highest BCUT2D eigenvalue weighted by Crippen LogP contribution is 2.38. The Kier molecular flexibility index (Phi) is 4.71. The van der Waals surface area contributed by atoms with Gasteiger partial charge in [0, 0.05) is 6.92 Å². The van der Waals surface area contributed by atoms with Crippen molar-refractivity contribution in [2.24, 2.45) is 0 Å². The van der Waals surface area contributed by atoms with Gasteiger partial charge in [-0.25, -0.2) is 0 Å². The SMILES string of the molecule is COC1=C(Br)C(=O)C(CC#N)(OC(C)=O)C=C1Br. The summed E-state index contributed by atoms with van der Waals surface area (Å²) in [6, 6.07) is 1.84. The molecule has 0 heterocycles. The standard InChI is InChI=1S/C11H9Br2NO4/c1-6(15)18-11(3-4-14)5-7(12)9(17-2)8(13)10(11)16/h5H,3H2,1-2H3. The fraction of sp³-hybridized carbons (Fsp3) is 0.364. The first-order valence-corrected chi connectivity index (χ1v) is 6.40. The maximum atomic E-state index is 12.2. The molecule has 0 aromatic heterocycles. The highest BCUT2D eigenvalue weighted by atomic mass is 79.9. The summed E-state index contributed by atoms with van der Waals surface area (Å²) < 4.78 is 10.6. The lowest BCUT2D eigenvalue weighted by molar-refractivity contribution is -0.158. The lowest BCUT2D eigenvalue weighted by Gasteiger charge is -2.30. The summed E-state index contributed by atoms with van der Waals surface area (Å²) in [5.41, 5.74) is -1.61. The molecule has 7 heteroatoms. The molecule has 0 aromatic rings. The molecule has 0 N–H and O–H groups in total. The Morgan fingerprint density at radius 1 is 1.56 bits per heavy atom. The van der Waals surface area contributed by atoms with Crippen LogP contribution >= 0.6 is 31.9 Å². The van der Waals surface area contributed by atoms with E-state index in [0.717, 1.165) is 0 Å². The minimum atomic E-state index is -1.61. The van der Waals surface area contributed by atoms with E-state index in [4.69, 9.17) is 14.7 Å². The molecule has 1 rings (SSSR count). The molecule has 0 aromatic carbocycles. The number of allylic oxidation sites excluding steroid dienone is 1. The highest BCUT2D eigenvalue weighted by Gasteiger charge is 2.45. The Morgan fingerprint density at radius 3 is 2.61 bits per heavy atom. The fourth-order valence-corrected chi connectivity index (χ4v) is 3.24. The van der Waals surface area contributed by atoms with Gasteiger partial charge in [-0.05, 0) is 37.9 Å². The molecule has 1 aliphatic carbocycles. The zero-order chi connectivity index (χ0) is 13.9. The predicted molar refractivity (Wildman–Crippen MR) is 69.7 cm³/mol. The number of nitrogens with zero attached hydrogens (tertiary/aromatic N) is 1. The number of nitriles is 1. The summed E-state index contributed by atoms with van der Waals surface area (Å²) in [5.74, 6) is -0.878. The third-order valence-electron chi connectivity index (χ3n) is 2.23. The van der Waals surface area contributed by atoms with Crippen LogP contribution in [0, 0.1) is 11.3 Å². The van der Waals surface area contributed by atoms with Crippen molar-refractivity contribution in [2.45, 2.75) is 18.9 Å². The number of rotatable bonds is 3. The molecule has 1 atom stereocenters. The largest absolute Gasteiger partial charge is 0.494 e. The van der Waals surface area contributed by atoms with Gasteiger partial charge in [0.15, 0.2) is 5.76 Å². The number of carbonyl (C=O) groups is 2. The van der Waals surface area contributed by atoms with Crippen molar-refractivity contribution in [3.05, 3.63) is 20.8 Å². The number of methoxy groups -OCH3 is 1. The van der Waals surface area contributed by atoms with E-state index in [1.807, 2.05) is 6.07 Å². The molecule has 0 radical (unpaired) electrons. The second kappa shape index (κ2) is 5.67. The molecule has 0 aliphatic heterocycles. The van der Waals surface area contributed by atoms with E-state index in [9.17, 15) is 9.59 Å². The maximum absolute atomic E-state index is 12.2. The lowest BCUT2D eigenvalue weighted by Crippen LogP contribution is -2.43. The van der Waals surface area contributed by atoms with Crippen molar-refractivity contribution in [2.75, 3.05) is 7.11 Å². The summed E-state index contributed by atoms with van der Waals surface area (Å²) in [5, 5.41) is 8.81. The highest BCUT2D eigenvalue weighted by molar-refractivity contribution is 9.12. The maximum Gasteiger partial charge on any atom is 0.303 e. The first-order chi connectivity index (χ1) is 8.38. The van der Waals surface area contributed by atoms with Crippen molar-refractivity contribution >= 4 is 43.6 Å². The molecule has 0 spiro atoms. The third kappa shape index (κ3) is 2.65. The van der Waals surface area contributed by atoms with Crippen LogP contribution in [-0.4, -0.2) is 24.5 Å². The summed E-state index contributed by atoms with van der Waals surface area (Å²) in [4.78, 5) is 23.3. The van der Waals surface area contributed by atoms with Gasteiger partial charge in [0.1, 0.15) is 4.48 Å². The van der Waals surface area contributed by atoms with Gasteiger partial charge < -0.3 is 9.47 Å². The number of ether oxygens (including phenoxy) is 2. The average molecular weight is 379 g/mol. The van der Waals surface area contributed by atoms with Gasteiger partial charge in [-0.1, -0.05) is 0 Å². The van der Waals surface area contributed by atoms with Crippen LogP contribution in [0.5, 0.6) is 0 Å². The normalized spacial score (nSPS) is 23.3. The number of hydrogen-bond acceptors (Lipinski definition) is 5. The lowest BCUT2D eigenvalue weighted by atomic mass is 9.90. The van der Waals surface area contributed by atoms with Crippen molar-refractivity contribution < 1.29 is 19.1 Å². The third-order valence-corrected chi connectivity index (χ3v) is 3.54. The van der Waals surface area contributed by atoms with E-state index in [1.54, 1.807) is 0 Å². The summed E-state index contributed by atoms with van der Waals surface area (Å²) in [7, 11) is 1.40. The minimum Gasteiger partial charge on any atom is -0.494 e. The van der Waals surface area contributed by atoms with Gasteiger partial charge >= 0.3 is 5.97 Å². The molecule has 5 nitrogen and oxygen atoms in total. The molecule has 0 bridgehead atoms. The average Bonchev–Trinajstić information content (AvgIpc) is 2.26. The Bertz CT molecular complexity index is 504. The molecule has 0 fully saturated rings. The summed E-state index contributed by atoms with van der Waals surface area (Å²) in [6.45, 7) is 1.18. The Labute approximate surface area is 121 Å². The summed E-state index contributed by atoms with van der Waals surface area (Å²) in [6.07, 6.45) is 1.09. The van der Waals surface area contributed by atoms with Crippen LogP contribution in [0.1, 0.15) is 13.3 Å². The van der Waals surface area contributed by atoms with Crippen LogP contribution in [0.2, 0.25) is 0 Å². The monoisotopic (exact) mass is 377 g/mol. The van der Waals surface area contributed by atoms with Gasteiger partial charge in [-0.15, -0.1) is 0 Å². The van der Waals surface area contributed by atoms with Crippen molar-refractivity contribution in [1.82, 2.24) is 0 Å². The number of esters is 1. The van der Waals surface area contributed by atoms with Crippen LogP contribution < -0.4 is 0 Å². The zero-order valence-electron chi connectivity index (χ0n) is 9.62. The van der Waals surface area contributed by atoms with Crippen LogP contribution in [0.4, 0.5) is 0 Å². The zero-order valence-corrected chi connectivity index (χ0v) is 12.8. The van der Waals surface area contributed by atoms with Crippen LogP contribution in [0.3, 0.4) is 0 Å². The van der Waals surface area contributed by atoms with E-state index >= 15 is 0 Å². The van der Waals surface area contributed by atoms with E-state index in [2.05, 4.69) is 31.9 Å². The molecular weight excluding hydrogens is 370 g/mol. The number of halogens is 2.